The van der Waals surface area contributed by atoms with Crippen LogP contribution in [0.1, 0.15) is 47.0 Å². The molecule has 1 amide bonds. The minimum absolute atomic E-state index is 0.0763. The SMILES string of the molecule is COC(C)(C)C(=O)N(CC1CCCCN1)C(C)C. The van der Waals surface area contributed by atoms with Crippen LogP contribution in [0.5, 0.6) is 0 Å². The van der Waals surface area contributed by atoms with Gasteiger partial charge in [-0.2, -0.15) is 0 Å². The zero-order valence-electron chi connectivity index (χ0n) is 12.5. The minimum atomic E-state index is -0.737. The molecule has 1 aliphatic rings. The van der Waals surface area contributed by atoms with E-state index in [-0.39, 0.29) is 11.9 Å². The van der Waals surface area contributed by atoms with Crippen molar-refractivity contribution in [3.05, 3.63) is 0 Å². The maximum Gasteiger partial charge on any atom is 0.254 e. The molecule has 0 spiro atoms. The fraction of sp³-hybridized carbons (Fsp3) is 0.929. The van der Waals surface area contributed by atoms with E-state index in [0.29, 0.717) is 6.04 Å². The molecule has 1 atom stereocenters. The highest BCUT2D eigenvalue weighted by Crippen LogP contribution is 2.17. The number of rotatable bonds is 5. The Bertz CT molecular complexity index is 271. The van der Waals surface area contributed by atoms with Gasteiger partial charge < -0.3 is 15.0 Å². The highest BCUT2D eigenvalue weighted by molar-refractivity contribution is 5.84. The third kappa shape index (κ3) is 3.95. The molecule has 1 unspecified atom stereocenters. The van der Waals surface area contributed by atoms with Gasteiger partial charge in [-0.05, 0) is 47.1 Å². The molecule has 1 heterocycles. The van der Waals surface area contributed by atoms with Gasteiger partial charge >= 0.3 is 0 Å². The average Bonchev–Trinajstić information content (AvgIpc) is 2.36. The molecule has 1 fully saturated rings. The lowest BCUT2D eigenvalue weighted by Crippen LogP contribution is -2.54. The predicted molar refractivity (Wildman–Crippen MR) is 73.6 cm³/mol. The molecule has 4 heteroatoms. The van der Waals surface area contributed by atoms with Gasteiger partial charge in [0.15, 0.2) is 0 Å². The zero-order valence-corrected chi connectivity index (χ0v) is 12.5. The summed E-state index contributed by atoms with van der Waals surface area (Å²) in [6.07, 6.45) is 3.66. The predicted octanol–water partition coefficient (Wildman–Crippen LogP) is 1.79. The Hall–Kier alpha value is -0.610. The third-order valence-electron chi connectivity index (χ3n) is 3.74. The molecule has 0 aromatic heterocycles. The molecule has 1 N–H and O–H groups in total. The minimum Gasteiger partial charge on any atom is -0.369 e. The fourth-order valence-electron chi connectivity index (χ4n) is 2.28. The normalized spacial score (nSPS) is 21.1. The second kappa shape index (κ2) is 6.53. The van der Waals surface area contributed by atoms with Crippen molar-refractivity contribution in [2.75, 3.05) is 20.2 Å². The summed E-state index contributed by atoms with van der Waals surface area (Å²) in [5, 5.41) is 3.49. The van der Waals surface area contributed by atoms with Crippen LogP contribution in [0, 0.1) is 0 Å². The molecule has 0 aromatic carbocycles. The lowest BCUT2D eigenvalue weighted by molar-refractivity contribution is -0.153. The van der Waals surface area contributed by atoms with E-state index in [4.69, 9.17) is 4.74 Å². The van der Waals surface area contributed by atoms with Crippen LogP contribution in [0.2, 0.25) is 0 Å². The van der Waals surface area contributed by atoms with Crippen molar-refractivity contribution < 1.29 is 9.53 Å². The third-order valence-corrected chi connectivity index (χ3v) is 3.74. The van der Waals surface area contributed by atoms with E-state index in [0.717, 1.165) is 19.5 Å². The standard InChI is InChI=1S/C14H28N2O2/c1-11(2)16(13(17)14(3,4)18-5)10-12-8-6-7-9-15-12/h11-12,15H,6-10H2,1-5H3. The number of nitrogens with zero attached hydrogens (tertiary/aromatic N) is 1. The van der Waals surface area contributed by atoms with E-state index < -0.39 is 5.60 Å². The summed E-state index contributed by atoms with van der Waals surface area (Å²) in [7, 11) is 1.59. The number of carbonyl (C=O) groups excluding carboxylic acids is 1. The van der Waals surface area contributed by atoms with E-state index in [1.807, 2.05) is 18.7 Å². The van der Waals surface area contributed by atoms with Gasteiger partial charge in [0, 0.05) is 25.7 Å². The van der Waals surface area contributed by atoms with Crippen LogP contribution < -0.4 is 5.32 Å². The highest BCUT2D eigenvalue weighted by atomic mass is 16.5. The van der Waals surface area contributed by atoms with Gasteiger partial charge in [0.05, 0.1) is 0 Å². The molecule has 0 radical (unpaired) electrons. The molecule has 1 aliphatic heterocycles. The lowest BCUT2D eigenvalue weighted by Gasteiger charge is -2.37. The van der Waals surface area contributed by atoms with E-state index in [1.165, 1.54) is 12.8 Å². The van der Waals surface area contributed by atoms with Gasteiger partial charge in [-0.15, -0.1) is 0 Å². The summed E-state index contributed by atoms with van der Waals surface area (Å²) in [6.45, 7) is 9.64. The molecule has 0 aromatic rings. The maximum atomic E-state index is 12.5. The Balaban J connectivity index is 2.67. The van der Waals surface area contributed by atoms with E-state index in [9.17, 15) is 4.79 Å². The van der Waals surface area contributed by atoms with Crippen LogP contribution in [0.15, 0.2) is 0 Å². The van der Waals surface area contributed by atoms with Crippen LogP contribution in [-0.2, 0) is 9.53 Å². The van der Waals surface area contributed by atoms with Gasteiger partial charge in [-0.3, -0.25) is 4.79 Å². The number of methoxy groups -OCH3 is 1. The highest BCUT2D eigenvalue weighted by Gasteiger charge is 2.34. The van der Waals surface area contributed by atoms with Crippen LogP contribution >= 0.6 is 0 Å². The van der Waals surface area contributed by atoms with Crippen LogP contribution in [-0.4, -0.2) is 48.7 Å². The monoisotopic (exact) mass is 256 g/mol. The Morgan fingerprint density at radius 3 is 2.56 bits per heavy atom. The number of amides is 1. The Labute approximate surface area is 111 Å². The van der Waals surface area contributed by atoms with E-state index >= 15 is 0 Å². The molecule has 106 valence electrons. The number of hydrogen-bond donors (Lipinski definition) is 1. The number of carbonyl (C=O) groups is 1. The summed E-state index contributed by atoms with van der Waals surface area (Å²) >= 11 is 0. The average molecular weight is 256 g/mol. The molecule has 1 saturated heterocycles. The zero-order chi connectivity index (χ0) is 13.8. The van der Waals surface area contributed by atoms with Crippen LogP contribution in [0.4, 0.5) is 0 Å². The maximum absolute atomic E-state index is 12.5. The van der Waals surface area contributed by atoms with Gasteiger partial charge in [0.1, 0.15) is 5.60 Å². The summed E-state index contributed by atoms with van der Waals surface area (Å²) < 4.78 is 5.31. The molecular weight excluding hydrogens is 228 g/mol. The number of ether oxygens (including phenoxy) is 1. The van der Waals surface area contributed by atoms with Crippen molar-refractivity contribution in [3.63, 3.8) is 0 Å². The first-order chi connectivity index (χ1) is 8.38. The molecule has 18 heavy (non-hydrogen) atoms. The first-order valence-corrected chi connectivity index (χ1v) is 6.98. The molecule has 1 rings (SSSR count). The topological polar surface area (TPSA) is 41.6 Å². The first kappa shape index (κ1) is 15.4. The summed E-state index contributed by atoms with van der Waals surface area (Å²) in [5.41, 5.74) is -0.737. The Morgan fingerprint density at radius 1 is 1.44 bits per heavy atom. The molecule has 0 aliphatic carbocycles. The number of hydrogen-bond acceptors (Lipinski definition) is 3. The molecule has 0 bridgehead atoms. The van der Waals surface area contributed by atoms with Gasteiger partial charge in [0.2, 0.25) is 0 Å². The van der Waals surface area contributed by atoms with Crippen molar-refractivity contribution in [2.24, 2.45) is 0 Å². The summed E-state index contributed by atoms with van der Waals surface area (Å²) in [4.78, 5) is 14.4. The quantitative estimate of drug-likeness (QED) is 0.815. The number of piperidine rings is 1. The molecule has 0 saturated carbocycles. The Morgan fingerprint density at radius 2 is 2.11 bits per heavy atom. The largest absolute Gasteiger partial charge is 0.369 e. The van der Waals surface area contributed by atoms with Gasteiger partial charge in [0.25, 0.3) is 5.91 Å². The summed E-state index contributed by atoms with van der Waals surface area (Å²) in [6, 6.07) is 0.633. The molecule has 4 nitrogen and oxygen atoms in total. The lowest BCUT2D eigenvalue weighted by atomic mass is 10.0. The van der Waals surface area contributed by atoms with Crippen molar-refractivity contribution >= 4 is 5.91 Å². The smallest absolute Gasteiger partial charge is 0.254 e. The van der Waals surface area contributed by atoms with Gasteiger partial charge in [-0.25, -0.2) is 0 Å². The second-order valence-corrected chi connectivity index (χ2v) is 5.91. The van der Waals surface area contributed by atoms with E-state index in [2.05, 4.69) is 19.2 Å². The van der Waals surface area contributed by atoms with Crippen molar-refractivity contribution in [1.82, 2.24) is 10.2 Å². The number of nitrogens with one attached hydrogen (secondary N) is 1. The van der Waals surface area contributed by atoms with Crippen molar-refractivity contribution in [1.29, 1.82) is 0 Å². The van der Waals surface area contributed by atoms with Gasteiger partial charge in [-0.1, -0.05) is 6.42 Å². The fourth-order valence-corrected chi connectivity index (χ4v) is 2.28. The van der Waals surface area contributed by atoms with Crippen molar-refractivity contribution in [2.45, 2.75) is 64.6 Å². The van der Waals surface area contributed by atoms with Crippen molar-refractivity contribution in [3.8, 4) is 0 Å². The van der Waals surface area contributed by atoms with E-state index in [1.54, 1.807) is 7.11 Å². The first-order valence-electron chi connectivity index (χ1n) is 6.98. The summed E-state index contributed by atoms with van der Waals surface area (Å²) in [5.74, 6) is 0.0763. The van der Waals surface area contributed by atoms with Crippen LogP contribution in [0.25, 0.3) is 0 Å². The Kier molecular flexibility index (Phi) is 5.60. The van der Waals surface area contributed by atoms with Crippen LogP contribution in [0.3, 0.4) is 0 Å². The second-order valence-electron chi connectivity index (χ2n) is 5.91. The molecular formula is C14H28N2O2.